The summed E-state index contributed by atoms with van der Waals surface area (Å²) in [7, 11) is -2.78. The highest BCUT2D eigenvalue weighted by atomic mass is 32.2. The van der Waals surface area contributed by atoms with Crippen molar-refractivity contribution in [3.8, 4) is 0 Å². The Labute approximate surface area is 134 Å². The molecule has 1 aliphatic rings. The van der Waals surface area contributed by atoms with Gasteiger partial charge in [-0.3, -0.25) is 9.10 Å². The smallest absolute Gasteiger partial charge is 0.309 e. The lowest BCUT2D eigenvalue weighted by Crippen LogP contribution is -2.44. The first-order valence-electron chi connectivity index (χ1n) is 7.31. The van der Waals surface area contributed by atoms with Gasteiger partial charge in [0.25, 0.3) is 0 Å². The van der Waals surface area contributed by atoms with E-state index in [2.05, 4.69) is 6.58 Å². The Morgan fingerprint density at radius 1 is 1.50 bits per heavy atom. The highest BCUT2D eigenvalue weighted by Crippen LogP contribution is 2.40. The molecular weight excluding hydrogens is 302 g/mol. The van der Waals surface area contributed by atoms with Crippen LogP contribution in [0, 0.1) is 11.3 Å². The van der Waals surface area contributed by atoms with Gasteiger partial charge in [0.05, 0.1) is 11.1 Å². The molecule has 1 rings (SSSR count). The fourth-order valence-corrected chi connectivity index (χ4v) is 3.87. The number of carbonyl (C=O) groups is 1. The topological polar surface area (TPSA) is 74.7 Å². The monoisotopic (exact) mass is 327 g/mol. The SMILES string of the molecule is C=C/C=C1/C[C@@H](CC(C)(C)C(=O)O)[C@@H](C)N([SH](=O)=O)/C1=C/C. The molecule has 0 aromatic carbocycles. The van der Waals surface area contributed by atoms with Crippen molar-refractivity contribution in [3.05, 3.63) is 36.1 Å². The number of nitrogens with zero attached hydrogens (tertiary/aromatic N) is 1. The first-order valence-corrected chi connectivity index (χ1v) is 8.44. The highest BCUT2D eigenvalue weighted by molar-refractivity contribution is 7.70. The lowest BCUT2D eigenvalue weighted by molar-refractivity contribution is -0.148. The van der Waals surface area contributed by atoms with Crippen LogP contribution in [-0.2, 0) is 15.7 Å². The van der Waals surface area contributed by atoms with Crippen molar-refractivity contribution in [1.29, 1.82) is 0 Å². The third-order valence-corrected chi connectivity index (χ3v) is 5.18. The summed E-state index contributed by atoms with van der Waals surface area (Å²) in [5, 5.41) is 9.33. The molecular formula is C16H25NO4S. The summed E-state index contributed by atoms with van der Waals surface area (Å²) < 4.78 is 24.7. The third kappa shape index (κ3) is 3.80. The second kappa shape index (κ2) is 7.13. The van der Waals surface area contributed by atoms with Gasteiger partial charge >= 0.3 is 5.97 Å². The van der Waals surface area contributed by atoms with Gasteiger partial charge in [0.15, 0.2) is 0 Å². The normalized spacial score (nSPS) is 26.7. The summed E-state index contributed by atoms with van der Waals surface area (Å²) in [5.74, 6) is -0.933. The summed E-state index contributed by atoms with van der Waals surface area (Å²) in [5.41, 5.74) is 0.639. The molecule has 124 valence electrons. The fourth-order valence-electron chi connectivity index (χ4n) is 2.96. The minimum Gasteiger partial charge on any atom is -0.481 e. The molecule has 0 aromatic heterocycles. The summed E-state index contributed by atoms with van der Waals surface area (Å²) in [6, 6.07) is -0.270. The van der Waals surface area contributed by atoms with Gasteiger partial charge in [0.1, 0.15) is 0 Å². The van der Waals surface area contributed by atoms with E-state index in [0.29, 0.717) is 18.5 Å². The number of rotatable bonds is 5. The molecule has 1 fully saturated rings. The first kappa shape index (κ1) is 18.5. The van der Waals surface area contributed by atoms with Gasteiger partial charge < -0.3 is 5.11 Å². The number of aliphatic carboxylic acids is 1. The van der Waals surface area contributed by atoms with Crippen molar-refractivity contribution in [3.63, 3.8) is 0 Å². The number of carboxylic acid groups (broad SMARTS) is 1. The van der Waals surface area contributed by atoms with Crippen molar-refractivity contribution in [1.82, 2.24) is 4.31 Å². The molecule has 0 amide bonds. The fraction of sp³-hybridized carbons (Fsp3) is 0.562. The molecule has 22 heavy (non-hydrogen) atoms. The van der Waals surface area contributed by atoms with E-state index < -0.39 is 22.3 Å². The van der Waals surface area contributed by atoms with Crippen LogP contribution in [0.5, 0.6) is 0 Å². The Morgan fingerprint density at radius 3 is 2.50 bits per heavy atom. The van der Waals surface area contributed by atoms with Crippen molar-refractivity contribution in [2.24, 2.45) is 11.3 Å². The molecule has 0 bridgehead atoms. The predicted molar refractivity (Wildman–Crippen MR) is 87.8 cm³/mol. The summed E-state index contributed by atoms with van der Waals surface area (Å²) in [6.07, 6.45) is 6.26. The highest BCUT2D eigenvalue weighted by Gasteiger charge is 2.39. The van der Waals surface area contributed by atoms with E-state index in [9.17, 15) is 18.3 Å². The van der Waals surface area contributed by atoms with Crippen LogP contribution in [0.3, 0.4) is 0 Å². The number of carboxylic acids is 1. The van der Waals surface area contributed by atoms with Gasteiger partial charge in [0.2, 0.25) is 10.9 Å². The number of hydrogen-bond acceptors (Lipinski definition) is 3. The van der Waals surface area contributed by atoms with Gasteiger partial charge in [0, 0.05) is 6.04 Å². The van der Waals surface area contributed by atoms with Crippen LogP contribution in [-0.4, -0.2) is 29.8 Å². The Morgan fingerprint density at radius 2 is 2.09 bits per heavy atom. The molecule has 1 heterocycles. The van der Waals surface area contributed by atoms with Crippen LogP contribution in [0.15, 0.2) is 36.1 Å². The zero-order valence-electron chi connectivity index (χ0n) is 13.6. The van der Waals surface area contributed by atoms with Crippen molar-refractivity contribution in [2.45, 2.75) is 46.6 Å². The minimum atomic E-state index is -2.78. The molecule has 0 spiro atoms. The lowest BCUT2D eigenvalue weighted by atomic mass is 9.75. The van der Waals surface area contributed by atoms with E-state index in [4.69, 9.17) is 0 Å². The minimum absolute atomic E-state index is 0.0612. The van der Waals surface area contributed by atoms with Crippen LogP contribution in [0.25, 0.3) is 0 Å². The van der Waals surface area contributed by atoms with E-state index in [1.165, 1.54) is 4.31 Å². The zero-order chi connectivity index (χ0) is 17.1. The number of piperidine rings is 1. The van der Waals surface area contributed by atoms with E-state index in [0.717, 1.165) is 5.57 Å². The number of thiol groups is 1. The van der Waals surface area contributed by atoms with Crippen LogP contribution in [0.1, 0.15) is 40.5 Å². The second-order valence-electron chi connectivity index (χ2n) is 6.28. The van der Waals surface area contributed by atoms with Crippen LogP contribution in [0.2, 0.25) is 0 Å². The van der Waals surface area contributed by atoms with E-state index in [1.54, 1.807) is 39.0 Å². The first-order chi connectivity index (χ1) is 10.2. The Bertz CT molecular complexity index is 579. The van der Waals surface area contributed by atoms with Crippen molar-refractivity contribution >= 4 is 16.9 Å². The standard InChI is InChI=1S/C16H25NO4S/c1-6-8-12-9-13(10-16(4,5)15(18)19)11(3)17(22(20)21)14(12)7-2/h6-8,11,13,22H,1,9-10H2,2-5H3,(H,18,19)/b12-8-,14-7+/t11-,13+/m1/s1. The van der Waals surface area contributed by atoms with Crippen LogP contribution >= 0.6 is 0 Å². The van der Waals surface area contributed by atoms with Crippen molar-refractivity contribution in [2.75, 3.05) is 0 Å². The molecule has 6 heteroatoms. The van der Waals surface area contributed by atoms with Crippen molar-refractivity contribution < 1.29 is 18.3 Å². The molecule has 0 aliphatic carbocycles. The maximum Gasteiger partial charge on any atom is 0.309 e. The van der Waals surface area contributed by atoms with Crippen LogP contribution < -0.4 is 0 Å². The van der Waals surface area contributed by atoms with Crippen LogP contribution in [0.4, 0.5) is 0 Å². The second-order valence-corrected chi connectivity index (χ2v) is 7.19. The maximum absolute atomic E-state index is 11.7. The maximum atomic E-state index is 11.7. The summed E-state index contributed by atoms with van der Waals surface area (Å²) >= 11 is 0. The number of hydrogen-bond donors (Lipinski definition) is 2. The predicted octanol–water partition coefficient (Wildman–Crippen LogP) is 2.74. The third-order valence-electron chi connectivity index (χ3n) is 4.25. The molecule has 5 nitrogen and oxygen atoms in total. The molecule has 2 atom stereocenters. The van der Waals surface area contributed by atoms with E-state index >= 15 is 0 Å². The molecule has 1 aliphatic heterocycles. The average molecular weight is 327 g/mol. The van der Waals surface area contributed by atoms with Gasteiger partial charge in [-0.15, -0.1) is 0 Å². The van der Waals surface area contributed by atoms with E-state index in [-0.39, 0.29) is 12.0 Å². The van der Waals surface area contributed by atoms with Gasteiger partial charge in [-0.25, -0.2) is 8.42 Å². The average Bonchev–Trinajstić information content (AvgIpc) is 2.41. The largest absolute Gasteiger partial charge is 0.481 e. The molecule has 0 saturated carbocycles. The molecule has 1 N–H and O–H groups in total. The molecule has 0 radical (unpaired) electrons. The summed E-state index contributed by atoms with van der Waals surface area (Å²) in [4.78, 5) is 11.4. The van der Waals surface area contributed by atoms with Gasteiger partial charge in [-0.1, -0.05) is 24.8 Å². The van der Waals surface area contributed by atoms with Gasteiger partial charge in [-0.05, 0) is 52.0 Å². The molecule has 0 aromatic rings. The Kier molecular flexibility index (Phi) is 6.00. The lowest BCUT2D eigenvalue weighted by Gasteiger charge is -2.42. The summed E-state index contributed by atoms with van der Waals surface area (Å²) in [6.45, 7) is 10.7. The number of allylic oxidation sites excluding steroid dienone is 4. The molecule has 0 unspecified atom stereocenters. The Balaban J connectivity index is 3.24. The molecule has 1 saturated heterocycles. The van der Waals surface area contributed by atoms with Gasteiger partial charge in [-0.2, -0.15) is 0 Å². The van der Waals surface area contributed by atoms with E-state index in [1.807, 2.05) is 6.92 Å². The quantitative estimate of drug-likeness (QED) is 0.761. The Hall–Kier alpha value is -1.56. The zero-order valence-corrected chi connectivity index (χ0v) is 14.5.